The van der Waals surface area contributed by atoms with E-state index in [1.54, 1.807) is 16.9 Å². The minimum absolute atomic E-state index is 0.0271. The predicted octanol–water partition coefficient (Wildman–Crippen LogP) is 1.02. The van der Waals surface area contributed by atoms with Gasteiger partial charge in [-0.1, -0.05) is 0 Å². The Morgan fingerprint density at radius 2 is 2.44 bits per heavy atom. The first-order valence-corrected chi connectivity index (χ1v) is 6.62. The first kappa shape index (κ1) is 13.1. The number of nitrogens with one attached hydrogen (secondary N) is 1. The molecule has 1 atom stereocenters. The van der Waals surface area contributed by atoms with Crippen molar-refractivity contribution in [1.82, 2.24) is 20.0 Å². The molecule has 2 rings (SSSR count). The number of nitrogens with zero attached hydrogens (tertiary/aromatic N) is 3. The van der Waals surface area contributed by atoms with Gasteiger partial charge in [0, 0.05) is 31.9 Å². The summed E-state index contributed by atoms with van der Waals surface area (Å²) in [7, 11) is 1.83. The van der Waals surface area contributed by atoms with Crippen LogP contribution in [0.1, 0.15) is 37.2 Å². The van der Waals surface area contributed by atoms with Crippen molar-refractivity contribution in [3.8, 4) is 0 Å². The Morgan fingerprint density at radius 3 is 2.94 bits per heavy atom. The monoisotopic (exact) mass is 250 g/mol. The highest BCUT2D eigenvalue weighted by Gasteiger charge is 2.25. The number of amides is 1. The van der Waals surface area contributed by atoms with E-state index in [-0.39, 0.29) is 11.9 Å². The standard InChI is InChI=1S/C13H22N4O/c1-10(2)17(9-11-5-4-7-14-11)13(18)12-6-8-16(3)15-12/h6,8,10-11,14H,4-5,7,9H2,1-3H3. The van der Waals surface area contributed by atoms with Crippen LogP contribution in [0.3, 0.4) is 0 Å². The Kier molecular flexibility index (Phi) is 4.01. The first-order chi connectivity index (χ1) is 8.58. The second-order valence-corrected chi connectivity index (χ2v) is 5.22. The van der Waals surface area contributed by atoms with E-state index in [2.05, 4.69) is 24.3 Å². The molecule has 1 fully saturated rings. The Morgan fingerprint density at radius 1 is 1.67 bits per heavy atom. The van der Waals surface area contributed by atoms with Crippen LogP contribution in [0.4, 0.5) is 0 Å². The van der Waals surface area contributed by atoms with Gasteiger partial charge in [0.05, 0.1) is 0 Å². The Bertz CT molecular complexity index is 407. The molecule has 1 amide bonds. The zero-order valence-corrected chi connectivity index (χ0v) is 11.4. The van der Waals surface area contributed by atoms with Gasteiger partial charge in [-0.15, -0.1) is 0 Å². The van der Waals surface area contributed by atoms with E-state index in [4.69, 9.17) is 0 Å². The van der Waals surface area contributed by atoms with Crippen molar-refractivity contribution >= 4 is 5.91 Å². The van der Waals surface area contributed by atoms with Gasteiger partial charge in [-0.3, -0.25) is 9.48 Å². The second kappa shape index (κ2) is 5.52. The van der Waals surface area contributed by atoms with Gasteiger partial charge in [0.25, 0.3) is 5.91 Å². The molecule has 0 radical (unpaired) electrons. The van der Waals surface area contributed by atoms with Gasteiger partial charge in [0.2, 0.25) is 0 Å². The zero-order valence-electron chi connectivity index (χ0n) is 11.4. The molecule has 5 heteroatoms. The molecule has 1 aliphatic rings. The molecule has 18 heavy (non-hydrogen) atoms. The van der Waals surface area contributed by atoms with E-state index in [1.807, 2.05) is 11.9 Å². The summed E-state index contributed by atoms with van der Waals surface area (Å²) in [5.41, 5.74) is 0.532. The lowest BCUT2D eigenvalue weighted by Crippen LogP contribution is -2.44. The summed E-state index contributed by atoms with van der Waals surface area (Å²) in [5.74, 6) is 0.0271. The van der Waals surface area contributed by atoms with Crippen molar-refractivity contribution in [1.29, 1.82) is 0 Å². The van der Waals surface area contributed by atoms with Crippen LogP contribution in [0.2, 0.25) is 0 Å². The number of aryl methyl sites for hydroxylation is 1. The quantitative estimate of drug-likeness (QED) is 0.868. The van der Waals surface area contributed by atoms with Crippen molar-refractivity contribution in [2.75, 3.05) is 13.1 Å². The van der Waals surface area contributed by atoms with Gasteiger partial charge in [-0.2, -0.15) is 5.10 Å². The molecule has 2 heterocycles. The second-order valence-electron chi connectivity index (χ2n) is 5.22. The fraction of sp³-hybridized carbons (Fsp3) is 0.692. The summed E-state index contributed by atoms with van der Waals surface area (Å²) in [6, 6.07) is 2.40. The molecular weight excluding hydrogens is 228 g/mol. The summed E-state index contributed by atoms with van der Waals surface area (Å²) in [4.78, 5) is 14.3. The molecule has 0 bridgehead atoms. The third kappa shape index (κ3) is 2.90. The van der Waals surface area contributed by atoms with E-state index < -0.39 is 0 Å². The van der Waals surface area contributed by atoms with Gasteiger partial charge in [0.1, 0.15) is 5.69 Å². The molecule has 1 saturated heterocycles. The SMILES string of the molecule is CC(C)N(CC1CCCN1)C(=O)c1ccn(C)n1. The lowest BCUT2D eigenvalue weighted by molar-refractivity contribution is 0.0682. The number of aromatic nitrogens is 2. The van der Waals surface area contributed by atoms with Crippen LogP contribution in [0.25, 0.3) is 0 Å². The van der Waals surface area contributed by atoms with Crippen LogP contribution >= 0.6 is 0 Å². The molecule has 0 saturated carbocycles. The van der Waals surface area contributed by atoms with E-state index >= 15 is 0 Å². The van der Waals surface area contributed by atoms with Crippen LogP contribution < -0.4 is 5.32 Å². The number of rotatable bonds is 4. The molecule has 100 valence electrons. The molecule has 1 N–H and O–H groups in total. The molecular formula is C13H22N4O. The van der Waals surface area contributed by atoms with Crippen molar-refractivity contribution in [2.45, 2.75) is 38.8 Å². The molecule has 1 unspecified atom stereocenters. The molecule has 0 aliphatic carbocycles. The smallest absolute Gasteiger partial charge is 0.274 e. The summed E-state index contributed by atoms with van der Waals surface area (Å²) in [6.45, 7) is 5.94. The summed E-state index contributed by atoms with van der Waals surface area (Å²) in [5, 5.41) is 7.63. The Labute approximate surface area is 108 Å². The van der Waals surface area contributed by atoms with Crippen molar-refractivity contribution in [2.24, 2.45) is 7.05 Å². The van der Waals surface area contributed by atoms with Gasteiger partial charge in [0.15, 0.2) is 0 Å². The lowest BCUT2D eigenvalue weighted by atomic mass is 10.2. The third-order valence-electron chi connectivity index (χ3n) is 3.40. The highest BCUT2D eigenvalue weighted by atomic mass is 16.2. The van der Waals surface area contributed by atoms with Crippen molar-refractivity contribution < 1.29 is 4.79 Å². The van der Waals surface area contributed by atoms with Gasteiger partial charge >= 0.3 is 0 Å². The summed E-state index contributed by atoms with van der Waals surface area (Å²) in [6.07, 6.45) is 4.16. The minimum Gasteiger partial charge on any atom is -0.333 e. The van der Waals surface area contributed by atoms with Gasteiger partial charge in [-0.25, -0.2) is 0 Å². The summed E-state index contributed by atoms with van der Waals surface area (Å²) < 4.78 is 1.67. The highest BCUT2D eigenvalue weighted by molar-refractivity contribution is 5.92. The van der Waals surface area contributed by atoms with E-state index in [0.29, 0.717) is 11.7 Å². The minimum atomic E-state index is 0.0271. The highest BCUT2D eigenvalue weighted by Crippen LogP contribution is 2.12. The van der Waals surface area contributed by atoms with E-state index in [9.17, 15) is 4.79 Å². The molecule has 1 aliphatic heterocycles. The molecule has 1 aromatic heterocycles. The topological polar surface area (TPSA) is 50.2 Å². The normalized spacial score (nSPS) is 19.4. The average molecular weight is 250 g/mol. The van der Waals surface area contributed by atoms with Crippen LogP contribution in [-0.2, 0) is 7.05 Å². The maximum Gasteiger partial charge on any atom is 0.274 e. The van der Waals surface area contributed by atoms with Crippen LogP contribution in [-0.4, -0.2) is 45.8 Å². The lowest BCUT2D eigenvalue weighted by Gasteiger charge is -2.28. The molecule has 5 nitrogen and oxygen atoms in total. The van der Waals surface area contributed by atoms with E-state index in [1.165, 1.54) is 6.42 Å². The van der Waals surface area contributed by atoms with E-state index in [0.717, 1.165) is 19.5 Å². The Balaban J connectivity index is 2.06. The third-order valence-corrected chi connectivity index (χ3v) is 3.40. The van der Waals surface area contributed by atoms with Crippen molar-refractivity contribution in [3.05, 3.63) is 18.0 Å². The summed E-state index contributed by atoms with van der Waals surface area (Å²) >= 11 is 0. The Hall–Kier alpha value is -1.36. The zero-order chi connectivity index (χ0) is 13.1. The van der Waals surface area contributed by atoms with Crippen LogP contribution in [0, 0.1) is 0 Å². The van der Waals surface area contributed by atoms with Gasteiger partial charge < -0.3 is 10.2 Å². The average Bonchev–Trinajstić information content (AvgIpc) is 2.95. The number of hydrogen-bond donors (Lipinski definition) is 1. The molecule has 1 aromatic rings. The predicted molar refractivity (Wildman–Crippen MR) is 70.4 cm³/mol. The van der Waals surface area contributed by atoms with Gasteiger partial charge in [-0.05, 0) is 39.3 Å². The maximum atomic E-state index is 12.4. The largest absolute Gasteiger partial charge is 0.333 e. The van der Waals surface area contributed by atoms with Crippen LogP contribution in [0.15, 0.2) is 12.3 Å². The first-order valence-electron chi connectivity index (χ1n) is 6.62. The fourth-order valence-corrected chi connectivity index (χ4v) is 2.35. The maximum absolute atomic E-state index is 12.4. The number of hydrogen-bond acceptors (Lipinski definition) is 3. The molecule has 0 spiro atoms. The number of carbonyl (C=O) groups excluding carboxylic acids is 1. The fourth-order valence-electron chi connectivity index (χ4n) is 2.35. The number of carbonyl (C=O) groups is 1. The van der Waals surface area contributed by atoms with Crippen LogP contribution in [0.5, 0.6) is 0 Å². The molecule has 0 aromatic carbocycles. The van der Waals surface area contributed by atoms with Crippen molar-refractivity contribution in [3.63, 3.8) is 0 Å².